The molecule has 35 heavy (non-hydrogen) atoms. The Kier molecular flexibility index (Phi) is 6.48. The smallest absolute Gasteiger partial charge is 0.408 e. The van der Waals surface area contributed by atoms with Crippen LogP contribution in [-0.2, 0) is 13.0 Å². The molecule has 11 heteroatoms. The number of hydrogen-bond acceptors (Lipinski definition) is 6. The van der Waals surface area contributed by atoms with E-state index in [0.717, 1.165) is 36.3 Å². The van der Waals surface area contributed by atoms with E-state index >= 15 is 0 Å². The highest BCUT2D eigenvalue weighted by Gasteiger charge is 2.43. The van der Waals surface area contributed by atoms with Gasteiger partial charge in [0.2, 0.25) is 5.88 Å². The number of ether oxygens (including phenoxy) is 2. The molecule has 2 unspecified atom stereocenters. The Morgan fingerprint density at radius 1 is 1.11 bits per heavy atom. The third-order valence-corrected chi connectivity index (χ3v) is 6.99. The van der Waals surface area contributed by atoms with E-state index in [2.05, 4.69) is 20.0 Å². The van der Waals surface area contributed by atoms with Crippen molar-refractivity contribution in [1.29, 1.82) is 0 Å². The van der Waals surface area contributed by atoms with E-state index in [1.165, 1.54) is 6.07 Å². The Balaban J connectivity index is 1.33. The van der Waals surface area contributed by atoms with E-state index in [9.17, 15) is 13.2 Å². The number of fused-ring (bicyclic) bond motifs is 2. The molecule has 2 atom stereocenters. The number of piperidine rings is 1. The van der Waals surface area contributed by atoms with Gasteiger partial charge in [0.25, 0.3) is 0 Å². The van der Waals surface area contributed by atoms with Gasteiger partial charge in [-0.15, -0.1) is 0 Å². The summed E-state index contributed by atoms with van der Waals surface area (Å²) >= 11 is 5.99. The molecule has 2 aromatic heterocycles. The first-order chi connectivity index (χ1) is 16.8. The second-order valence-electron chi connectivity index (χ2n) is 9.07. The number of anilines is 1. The van der Waals surface area contributed by atoms with Crippen molar-refractivity contribution in [2.75, 3.05) is 25.1 Å². The molecule has 7 nitrogen and oxygen atoms in total. The fraction of sp³-hybridized carbons (Fsp3) is 0.458. The number of pyridine rings is 1. The molecule has 3 heterocycles. The van der Waals surface area contributed by atoms with Gasteiger partial charge in [0.1, 0.15) is 12.3 Å². The Labute approximate surface area is 205 Å². The van der Waals surface area contributed by atoms with Crippen molar-refractivity contribution in [2.24, 2.45) is 17.8 Å². The minimum atomic E-state index is -4.45. The molecular weight excluding hydrogens is 483 g/mol. The summed E-state index contributed by atoms with van der Waals surface area (Å²) in [6.45, 7) is 0.456. The van der Waals surface area contributed by atoms with Gasteiger partial charge in [-0.1, -0.05) is 17.7 Å². The summed E-state index contributed by atoms with van der Waals surface area (Å²) in [6.07, 6.45) is -0.0554. The summed E-state index contributed by atoms with van der Waals surface area (Å²) in [4.78, 5) is 10.9. The van der Waals surface area contributed by atoms with Crippen LogP contribution in [0.1, 0.15) is 18.7 Å². The standard InChI is InChI=1S/C24H25ClF3N5O2/c1-34-22-10-18(7-8-29-22)32-12-15-5-6-16(13-32)20(15)11-21-30-23(33(31-21)14-24(26,27)28)35-19-4-2-3-17(25)9-19/h2-4,7-10,15-16,20H,5-6,11-14H2,1H3. The number of benzene rings is 1. The van der Waals surface area contributed by atoms with Gasteiger partial charge < -0.3 is 14.4 Å². The van der Waals surface area contributed by atoms with Crippen molar-refractivity contribution in [3.63, 3.8) is 0 Å². The molecule has 1 aromatic carbocycles. The number of hydrogen-bond donors (Lipinski definition) is 0. The highest BCUT2D eigenvalue weighted by atomic mass is 35.5. The maximum Gasteiger partial charge on any atom is 0.408 e. The van der Waals surface area contributed by atoms with Crippen LogP contribution in [0, 0.1) is 17.8 Å². The second-order valence-corrected chi connectivity index (χ2v) is 9.51. The van der Waals surface area contributed by atoms with Crippen LogP contribution in [0.15, 0.2) is 42.6 Å². The average Bonchev–Trinajstić information content (AvgIpc) is 3.26. The van der Waals surface area contributed by atoms with Gasteiger partial charge in [-0.05, 0) is 54.9 Å². The lowest BCUT2D eigenvalue weighted by molar-refractivity contribution is -0.143. The zero-order valence-electron chi connectivity index (χ0n) is 19.1. The number of methoxy groups -OCH3 is 1. The highest BCUT2D eigenvalue weighted by Crippen LogP contribution is 2.44. The Bertz CT molecular complexity index is 1170. The quantitative estimate of drug-likeness (QED) is 0.427. The second kappa shape index (κ2) is 9.56. The van der Waals surface area contributed by atoms with Crippen molar-refractivity contribution < 1.29 is 22.6 Å². The van der Waals surface area contributed by atoms with Gasteiger partial charge in [0, 0.05) is 42.5 Å². The van der Waals surface area contributed by atoms with Gasteiger partial charge in [-0.2, -0.15) is 23.3 Å². The molecule has 1 saturated heterocycles. The molecule has 0 radical (unpaired) electrons. The predicted molar refractivity (Wildman–Crippen MR) is 124 cm³/mol. The first kappa shape index (κ1) is 23.7. The number of alkyl halides is 3. The summed E-state index contributed by atoms with van der Waals surface area (Å²) in [6, 6.07) is 10.2. The molecule has 2 fully saturated rings. The van der Waals surface area contributed by atoms with Gasteiger partial charge in [-0.25, -0.2) is 9.67 Å². The van der Waals surface area contributed by atoms with Crippen molar-refractivity contribution in [3.8, 4) is 17.6 Å². The Morgan fingerprint density at radius 2 is 1.89 bits per heavy atom. The monoisotopic (exact) mass is 507 g/mol. The van der Waals surface area contributed by atoms with E-state index in [-0.39, 0.29) is 6.01 Å². The van der Waals surface area contributed by atoms with Crippen molar-refractivity contribution >= 4 is 17.3 Å². The van der Waals surface area contributed by atoms with Crippen LogP contribution in [0.5, 0.6) is 17.6 Å². The number of nitrogens with zero attached hydrogens (tertiary/aromatic N) is 5. The molecule has 1 aliphatic heterocycles. The summed E-state index contributed by atoms with van der Waals surface area (Å²) in [5.41, 5.74) is 1.07. The van der Waals surface area contributed by atoms with E-state index in [0.29, 0.717) is 46.7 Å². The van der Waals surface area contributed by atoms with Crippen LogP contribution in [0.4, 0.5) is 18.9 Å². The summed E-state index contributed by atoms with van der Waals surface area (Å²) in [7, 11) is 1.59. The van der Waals surface area contributed by atoms with Gasteiger partial charge >= 0.3 is 12.2 Å². The maximum atomic E-state index is 13.2. The van der Waals surface area contributed by atoms with Gasteiger partial charge in [0.15, 0.2) is 5.82 Å². The molecule has 0 amide bonds. The van der Waals surface area contributed by atoms with E-state index in [4.69, 9.17) is 21.1 Å². The largest absolute Gasteiger partial charge is 0.481 e. The maximum absolute atomic E-state index is 13.2. The van der Waals surface area contributed by atoms with Crippen molar-refractivity contribution in [3.05, 3.63) is 53.4 Å². The third-order valence-electron chi connectivity index (χ3n) is 6.76. The highest BCUT2D eigenvalue weighted by molar-refractivity contribution is 6.30. The Hall–Kier alpha value is -3.01. The summed E-state index contributed by atoms with van der Waals surface area (Å²) < 4.78 is 51.3. The van der Waals surface area contributed by atoms with E-state index in [1.807, 2.05) is 12.1 Å². The SMILES string of the molecule is COc1cc(N2CC3CCC(C2)C3Cc2nc(Oc3cccc(Cl)c3)n(CC(F)(F)F)n2)ccn1. The zero-order valence-corrected chi connectivity index (χ0v) is 19.8. The normalized spacial score (nSPS) is 21.9. The first-order valence-corrected chi connectivity index (χ1v) is 11.8. The topological polar surface area (TPSA) is 65.3 Å². The van der Waals surface area contributed by atoms with Crippen LogP contribution < -0.4 is 14.4 Å². The number of halogens is 4. The lowest BCUT2D eigenvalue weighted by Crippen LogP contribution is -2.42. The average molecular weight is 508 g/mol. The van der Waals surface area contributed by atoms with Crippen LogP contribution in [0.25, 0.3) is 0 Å². The minimum absolute atomic E-state index is 0.187. The molecule has 3 aromatic rings. The molecule has 186 valence electrons. The molecule has 0 spiro atoms. The molecule has 2 aliphatic rings. The summed E-state index contributed by atoms with van der Waals surface area (Å²) in [5.74, 6) is 2.35. The fourth-order valence-corrected chi connectivity index (χ4v) is 5.42. The molecule has 1 saturated carbocycles. The van der Waals surface area contributed by atoms with Gasteiger partial charge in [-0.3, -0.25) is 0 Å². The molecule has 5 rings (SSSR count). The zero-order chi connectivity index (χ0) is 24.6. The van der Waals surface area contributed by atoms with Crippen molar-refractivity contribution in [2.45, 2.75) is 32.0 Å². The third kappa shape index (κ3) is 5.47. The van der Waals surface area contributed by atoms with E-state index < -0.39 is 12.7 Å². The summed E-state index contributed by atoms with van der Waals surface area (Å²) in [5, 5.41) is 4.61. The molecule has 0 N–H and O–H groups in total. The van der Waals surface area contributed by atoms with Crippen LogP contribution in [0.2, 0.25) is 5.02 Å². The molecule has 2 bridgehead atoms. The van der Waals surface area contributed by atoms with E-state index in [1.54, 1.807) is 31.5 Å². The number of aromatic nitrogens is 4. The predicted octanol–water partition coefficient (Wildman–Crippen LogP) is 5.39. The van der Waals surface area contributed by atoms with Crippen LogP contribution in [0.3, 0.4) is 0 Å². The molecular formula is C24H25ClF3N5O2. The van der Waals surface area contributed by atoms with Gasteiger partial charge in [0.05, 0.1) is 7.11 Å². The minimum Gasteiger partial charge on any atom is -0.481 e. The number of rotatable bonds is 7. The van der Waals surface area contributed by atoms with Crippen LogP contribution >= 0.6 is 11.6 Å². The lowest BCUT2D eigenvalue weighted by atomic mass is 9.82. The lowest BCUT2D eigenvalue weighted by Gasteiger charge is -2.39. The Morgan fingerprint density at radius 3 is 2.57 bits per heavy atom. The fourth-order valence-electron chi connectivity index (χ4n) is 5.24. The first-order valence-electron chi connectivity index (χ1n) is 11.5. The molecule has 1 aliphatic carbocycles. The van der Waals surface area contributed by atoms with Crippen molar-refractivity contribution in [1.82, 2.24) is 19.7 Å². The van der Waals surface area contributed by atoms with Crippen LogP contribution in [-0.4, -0.2) is 46.1 Å².